The minimum absolute atomic E-state index is 0.0659. The lowest BCUT2D eigenvalue weighted by molar-refractivity contribution is -0.119. The molecule has 1 aromatic rings. The maximum atomic E-state index is 11.4. The highest BCUT2D eigenvalue weighted by Crippen LogP contribution is 2.44. The Hall–Kier alpha value is -1.59. The van der Waals surface area contributed by atoms with Gasteiger partial charge in [-0.15, -0.1) is 0 Å². The van der Waals surface area contributed by atoms with Gasteiger partial charge in [-0.2, -0.15) is 0 Å². The third kappa shape index (κ3) is 4.21. The first kappa shape index (κ1) is 15.3. The number of likely N-dealkylation sites (tertiary alicyclic amines) is 1. The molecule has 2 atom stereocenters. The van der Waals surface area contributed by atoms with E-state index < -0.39 is 0 Å². The molecule has 0 spiro atoms. The van der Waals surface area contributed by atoms with E-state index in [0.717, 1.165) is 42.8 Å². The molecule has 3 rings (SSSR count). The fourth-order valence-electron chi connectivity index (χ4n) is 3.12. The molecular weight excluding hydrogens is 280 g/mol. The minimum atomic E-state index is -0.153. The number of hydrogen-bond acceptors (Lipinski definition) is 4. The maximum Gasteiger partial charge on any atom is 0.250 e. The molecule has 1 saturated heterocycles. The number of carbonyl (C=O) groups excluding carboxylic acids is 1. The van der Waals surface area contributed by atoms with Gasteiger partial charge in [-0.05, 0) is 48.9 Å². The standard InChI is InChI=1S/C17H24N2O3/c1-21-12-17(20)18-15-3-5-16(6-4-15)22-8-2-7-19-10-13-9-14(13)11-19/h3-6,13-14H,2,7-12H2,1H3,(H,18,20)/t13-,14+. The molecule has 1 aliphatic carbocycles. The largest absolute Gasteiger partial charge is 0.494 e. The van der Waals surface area contributed by atoms with Gasteiger partial charge < -0.3 is 19.7 Å². The van der Waals surface area contributed by atoms with Crippen LogP contribution in [0.3, 0.4) is 0 Å². The van der Waals surface area contributed by atoms with E-state index in [9.17, 15) is 4.79 Å². The summed E-state index contributed by atoms with van der Waals surface area (Å²) < 4.78 is 10.5. The van der Waals surface area contributed by atoms with Crippen molar-refractivity contribution in [2.45, 2.75) is 12.8 Å². The first-order chi connectivity index (χ1) is 10.7. The monoisotopic (exact) mass is 304 g/mol. The Balaban J connectivity index is 1.33. The van der Waals surface area contributed by atoms with E-state index >= 15 is 0 Å². The Labute approximate surface area is 131 Å². The normalized spacial score (nSPS) is 23.1. The van der Waals surface area contributed by atoms with Crippen LogP contribution in [-0.4, -0.2) is 50.8 Å². The van der Waals surface area contributed by atoms with Gasteiger partial charge in [0, 0.05) is 32.4 Å². The molecule has 1 aliphatic heterocycles. The molecule has 5 nitrogen and oxygen atoms in total. The predicted molar refractivity (Wildman–Crippen MR) is 85.1 cm³/mol. The van der Waals surface area contributed by atoms with E-state index in [0.29, 0.717) is 0 Å². The smallest absolute Gasteiger partial charge is 0.250 e. The molecule has 2 aliphatic rings. The molecule has 1 aromatic carbocycles. The van der Waals surface area contributed by atoms with Gasteiger partial charge in [0.1, 0.15) is 12.4 Å². The van der Waals surface area contributed by atoms with E-state index in [1.807, 2.05) is 24.3 Å². The lowest BCUT2D eigenvalue weighted by Gasteiger charge is -2.17. The number of benzene rings is 1. The predicted octanol–water partition coefficient (Wildman–Crippen LogP) is 1.99. The molecule has 0 aromatic heterocycles. The molecule has 0 radical (unpaired) electrons. The SMILES string of the molecule is COCC(=O)Nc1ccc(OCCCN2C[C@H]3C[C@H]3C2)cc1. The maximum absolute atomic E-state index is 11.4. The molecule has 1 heterocycles. The van der Waals surface area contributed by atoms with Gasteiger partial charge in [0.05, 0.1) is 6.61 Å². The number of piperidine rings is 1. The van der Waals surface area contributed by atoms with Gasteiger partial charge >= 0.3 is 0 Å². The molecular formula is C17H24N2O3. The van der Waals surface area contributed by atoms with Crippen molar-refractivity contribution in [3.8, 4) is 5.75 Å². The average Bonchev–Trinajstić information content (AvgIpc) is 3.12. The summed E-state index contributed by atoms with van der Waals surface area (Å²) in [5.41, 5.74) is 0.755. The lowest BCUT2D eigenvalue weighted by atomic mass is 10.3. The van der Waals surface area contributed by atoms with Crippen molar-refractivity contribution in [1.82, 2.24) is 4.90 Å². The van der Waals surface area contributed by atoms with Crippen molar-refractivity contribution >= 4 is 11.6 Å². The summed E-state index contributed by atoms with van der Waals surface area (Å²) in [5.74, 6) is 2.69. The lowest BCUT2D eigenvalue weighted by Crippen LogP contribution is -2.25. The Morgan fingerprint density at radius 1 is 1.27 bits per heavy atom. The quantitative estimate of drug-likeness (QED) is 0.746. The van der Waals surface area contributed by atoms with Crippen molar-refractivity contribution in [1.29, 1.82) is 0 Å². The zero-order valence-corrected chi connectivity index (χ0v) is 13.1. The highest BCUT2D eigenvalue weighted by atomic mass is 16.5. The number of amides is 1. The van der Waals surface area contributed by atoms with E-state index in [2.05, 4.69) is 10.2 Å². The summed E-state index contributed by atoms with van der Waals surface area (Å²) >= 11 is 0. The van der Waals surface area contributed by atoms with Gasteiger partial charge in [-0.25, -0.2) is 0 Å². The van der Waals surface area contributed by atoms with E-state index in [1.54, 1.807) is 0 Å². The van der Waals surface area contributed by atoms with Crippen LogP contribution >= 0.6 is 0 Å². The van der Waals surface area contributed by atoms with Gasteiger partial charge in [0.25, 0.3) is 0 Å². The molecule has 5 heteroatoms. The minimum Gasteiger partial charge on any atom is -0.494 e. The topological polar surface area (TPSA) is 50.8 Å². The zero-order valence-electron chi connectivity index (χ0n) is 13.1. The summed E-state index contributed by atoms with van der Waals surface area (Å²) in [6, 6.07) is 7.45. The van der Waals surface area contributed by atoms with Gasteiger partial charge in [-0.3, -0.25) is 4.79 Å². The first-order valence-electron chi connectivity index (χ1n) is 7.98. The van der Waals surface area contributed by atoms with Crippen LogP contribution in [0.5, 0.6) is 5.75 Å². The summed E-state index contributed by atoms with van der Waals surface area (Å²) in [6.45, 7) is 4.52. The number of carbonyl (C=O) groups is 1. The first-order valence-corrected chi connectivity index (χ1v) is 7.98. The van der Waals surface area contributed by atoms with E-state index in [4.69, 9.17) is 9.47 Å². The van der Waals surface area contributed by atoms with Crippen molar-refractivity contribution in [3.05, 3.63) is 24.3 Å². The van der Waals surface area contributed by atoms with Crippen LogP contribution in [-0.2, 0) is 9.53 Å². The molecule has 120 valence electrons. The van der Waals surface area contributed by atoms with Crippen LogP contribution in [0.1, 0.15) is 12.8 Å². The van der Waals surface area contributed by atoms with Gasteiger partial charge in [0.2, 0.25) is 5.91 Å². The number of nitrogens with zero attached hydrogens (tertiary/aromatic N) is 1. The summed E-state index contributed by atoms with van der Waals surface area (Å²) in [5, 5.41) is 2.76. The highest BCUT2D eigenvalue weighted by Gasteiger charge is 2.44. The molecule has 1 saturated carbocycles. The number of ether oxygens (including phenoxy) is 2. The van der Waals surface area contributed by atoms with E-state index in [1.165, 1.54) is 26.6 Å². The Morgan fingerprint density at radius 3 is 2.68 bits per heavy atom. The summed E-state index contributed by atoms with van der Waals surface area (Å²) in [4.78, 5) is 13.9. The van der Waals surface area contributed by atoms with Crippen LogP contribution in [0.4, 0.5) is 5.69 Å². The number of anilines is 1. The number of nitrogens with one attached hydrogen (secondary N) is 1. The molecule has 0 unspecified atom stereocenters. The van der Waals surface area contributed by atoms with Crippen LogP contribution in [0.25, 0.3) is 0 Å². The average molecular weight is 304 g/mol. The van der Waals surface area contributed by atoms with Crippen molar-refractivity contribution in [3.63, 3.8) is 0 Å². The number of hydrogen-bond donors (Lipinski definition) is 1. The number of rotatable bonds is 8. The Morgan fingerprint density at radius 2 is 2.00 bits per heavy atom. The molecule has 1 amide bonds. The van der Waals surface area contributed by atoms with Crippen molar-refractivity contribution in [2.24, 2.45) is 11.8 Å². The Kier molecular flexibility index (Phi) is 4.95. The highest BCUT2D eigenvalue weighted by molar-refractivity contribution is 5.91. The van der Waals surface area contributed by atoms with Crippen LogP contribution in [0.15, 0.2) is 24.3 Å². The summed E-state index contributed by atoms with van der Waals surface area (Å²) in [7, 11) is 1.50. The second kappa shape index (κ2) is 7.11. The molecule has 2 fully saturated rings. The molecule has 0 bridgehead atoms. The second-order valence-electron chi connectivity index (χ2n) is 6.22. The van der Waals surface area contributed by atoms with Crippen molar-refractivity contribution in [2.75, 3.05) is 45.3 Å². The van der Waals surface area contributed by atoms with Crippen LogP contribution in [0.2, 0.25) is 0 Å². The zero-order chi connectivity index (χ0) is 15.4. The fraction of sp³-hybridized carbons (Fsp3) is 0.588. The molecule has 1 N–H and O–H groups in total. The van der Waals surface area contributed by atoms with Gasteiger partial charge in [0.15, 0.2) is 0 Å². The third-order valence-corrected chi connectivity index (χ3v) is 4.36. The fourth-order valence-corrected chi connectivity index (χ4v) is 3.12. The van der Waals surface area contributed by atoms with Crippen LogP contribution in [0, 0.1) is 11.8 Å². The van der Waals surface area contributed by atoms with Crippen LogP contribution < -0.4 is 10.1 Å². The second-order valence-corrected chi connectivity index (χ2v) is 6.22. The molecule has 22 heavy (non-hydrogen) atoms. The summed E-state index contributed by atoms with van der Waals surface area (Å²) in [6.07, 6.45) is 2.52. The van der Waals surface area contributed by atoms with Gasteiger partial charge in [-0.1, -0.05) is 0 Å². The van der Waals surface area contributed by atoms with Crippen molar-refractivity contribution < 1.29 is 14.3 Å². The Bertz CT molecular complexity index is 493. The third-order valence-electron chi connectivity index (χ3n) is 4.36. The number of fused-ring (bicyclic) bond motifs is 1. The van der Waals surface area contributed by atoms with E-state index in [-0.39, 0.29) is 12.5 Å². The number of methoxy groups -OCH3 is 1.